The Morgan fingerprint density at radius 1 is 1.18 bits per heavy atom. The lowest BCUT2D eigenvalue weighted by Gasteiger charge is -2.04. The van der Waals surface area contributed by atoms with E-state index in [0.29, 0.717) is 11.4 Å². The molecule has 4 N–H and O–H groups in total. The summed E-state index contributed by atoms with van der Waals surface area (Å²) in [5.41, 5.74) is 1.58. The van der Waals surface area contributed by atoms with Crippen LogP contribution in [-0.2, 0) is 14.8 Å². The van der Waals surface area contributed by atoms with Gasteiger partial charge in [-0.1, -0.05) is 17.7 Å². The highest BCUT2D eigenvalue weighted by molar-refractivity contribution is 7.99. The minimum absolute atomic E-state index is 0.0502. The number of nitrogens with zero attached hydrogens (tertiary/aromatic N) is 1. The molecule has 1 amide bonds. The molecule has 28 heavy (non-hydrogen) atoms. The zero-order chi connectivity index (χ0) is 20.3. The Balaban J connectivity index is 1.68. The Morgan fingerprint density at radius 3 is 2.43 bits per heavy atom. The molecule has 0 fully saturated rings. The number of carbonyl (C=O) groups excluding carboxylic acids is 1. The summed E-state index contributed by atoms with van der Waals surface area (Å²) in [5.74, 6) is -0.421. The van der Waals surface area contributed by atoms with E-state index in [-0.39, 0.29) is 21.6 Å². The van der Waals surface area contributed by atoms with Crippen molar-refractivity contribution in [3.8, 4) is 5.69 Å². The number of nitrogens with two attached hydrogens (primary N) is 1. The number of H-pyrrole nitrogens is 1. The first-order valence-electron chi connectivity index (χ1n) is 8.00. The number of aryl methyl sites for hydroxylation is 1. The molecule has 11 heteroatoms. The van der Waals surface area contributed by atoms with Crippen LogP contribution in [0.3, 0.4) is 0 Å². The van der Waals surface area contributed by atoms with Gasteiger partial charge in [0.1, 0.15) is 0 Å². The van der Waals surface area contributed by atoms with Crippen LogP contribution in [-0.4, -0.2) is 25.3 Å². The summed E-state index contributed by atoms with van der Waals surface area (Å²) in [7, 11) is -3.79. The number of nitrogens with one attached hydrogen (secondary N) is 2. The predicted molar refractivity (Wildman–Crippen MR) is 103 cm³/mol. The highest BCUT2D eigenvalue weighted by atomic mass is 32.2. The van der Waals surface area contributed by atoms with Crippen LogP contribution < -0.4 is 20.8 Å². The van der Waals surface area contributed by atoms with Crippen molar-refractivity contribution in [1.82, 2.24) is 5.27 Å². The average molecular weight is 421 g/mol. The number of benzene rings is 2. The topological polar surface area (TPSA) is 139 Å². The summed E-state index contributed by atoms with van der Waals surface area (Å²) >= 11 is 1.01. The first-order valence-corrected chi connectivity index (χ1v) is 10.5. The summed E-state index contributed by atoms with van der Waals surface area (Å²) in [5, 5.41) is 10.4. The Bertz CT molecular complexity index is 1150. The van der Waals surface area contributed by atoms with E-state index in [1.807, 2.05) is 31.2 Å². The van der Waals surface area contributed by atoms with E-state index in [1.165, 1.54) is 28.9 Å². The van der Waals surface area contributed by atoms with E-state index < -0.39 is 15.6 Å². The van der Waals surface area contributed by atoms with Crippen molar-refractivity contribution < 1.29 is 22.4 Å². The third kappa shape index (κ3) is 4.68. The van der Waals surface area contributed by atoms with Gasteiger partial charge in [-0.15, -0.1) is 0 Å². The molecule has 9 nitrogen and oxygen atoms in total. The molecule has 0 bridgehead atoms. The zero-order valence-electron chi connectivity index (χ0n) is 14.7. The highest BCUT2D eigenvalue weighted by Crippen LogP contribution is 2.15. The number of sulfonamides is 1. The maximum atomic E-state index is 12.2. The molecule has 0 aliphatic carbocycles. The minimum Gasteiger partial charge on any atom is -0.325 e. The number of rotatable bonds is 6. The van der Waals surface area contributed by atoms with Gasteiger partial charge in [-0.25, -0.2) is 18.4 Å². The van der Waals surface area contributed by atoms with Gasteiger partial charge in [0.2, 0.25) is 21.6 Å². The third-order valence-corrected chi connectivity index (χ3v) is 5.66. The van der Waals surface area contributed by atoms with Crippen LogP contribution in [0, 0.1) is 6.92 Å². The van der Waals surface area contributed by atoms with E-state index in [9.17, 15) is 18.0 Å². The molecule has 0 atom stereocenters. The Morgan fingerprint density at radius 2 is 1.82 bits per heavy atom. The summed E-state index contributed by atoms with van der Waals surface area (Å²) in [6.07, 6.45) is 0. The number of primary sulfonamides is 1. The second-order valence-electron chi connectivity index (χ2n) is 5.86. The number of amides is 1. The van der Waals surface area contributed by atoms with E-state index in [4.69, 9.17) is 9.66 Å². The van der Waals surface area contributed by atoms with Crippen molar-refractivity contribution in [1.29, 1.82) is 0 Å². The van der Waals surface area contributed by atoms with Gasteiger partial charge < -0.3 is 5.32 Å². The second kappa shape index (κ2) is 8.00. The van der Waals surface area contributed by atoms with Gasteiger partial charge in [0.25, 0.3) is 0 Å². The fraction of sp³-hybridized carbons (Fsp3) is 0.118. The lowest BCUT2D eigenvalue weighted by Crippen LogP contribution is -2.36. The van der Waals surface area contributed by atoms with E-state index in [1.54, 1.807) is 0 Å². The van der Waals surface area contributed by atoms with Crippen LogP contribution >= 0.6 is 11.8 Å². The van der Waals surface area contributed by atoms with Gasteiger partial charge >= 0.3 is 10.7 Å². The van der Waals surface area contributed by atoms with E-state index >= 15 is 0 Å². The molecule has 0 saturated carbocycles. The van der Waals surface area contributed by atoms with E-state index in [2.05, 4.69) is 10.6 Å². The Hall–Kier alpha value is -2.89. The molecule has 0 radical (unpaired) electrons. The molecular formula is C17H17N4O5S2+. The van der Waals surface area contributed by atoms with Crippen molar-refractivity contribution in [2.45, 2.75) is 16.8 Å². The van der Waals surface area contributed by atoms with Crippen molar-refractivity contribution >= 4 is 33.4 Å². The van der Waals surface area contributed by atoms with Gasteiger partial charge in [0.05, 0.1) is 10.6 Å². The molecule has 1 aromatic heterocycles. The van der Waals surface area contributed by atoms with Crippen molar-refractivity contribution in [2.75, 3.05) is 11.1 Å². The summed E-state index contributed by atoms with van der Waals surface area (Å²) in [6.45, 7) is 1.95. The normalized spacial score (nSPS) is 11.4. The number of hydrogen-bond acceptors (Lipinski definition) is 6. The zero-order valence-corrected chi connectivity index (χ0v) is 16.3. The standard InChI is InChI=1S/C17H16N4O5S2/c1-11-2-6-13(7-3-11)21-16(17(23)26-20-21)27-10-15(22)19-12-4-8-14(9-5-12)28(18,24)25/h2-9H,10H2,1H3,(H3-,18,19,20,22,23,24,25)/p+1. The summed E-state index contributed by atoms with van der Waals surface area (Å²) < 4.78 is 28.8. The molecule has 2 aromatic carbocycles. The van der Waals surface area contributed by atoms with Crippen LogP contribution in [0.4, 0.5) is 5.69 Å². The average Bonchev–Trinajstić information content (AvgIpc) is 3.01. The van der Waals surface area contributed by atoms with Gasteiger partial charge in [0.15, 0.2) is 0 Å². The van der Waals surface area contributed by atoms with Crippen LogP contribution in [0.5, 0.6) is 0 Å². The van der Waals surface area contributed by atoms with Gasteiger partial charge in [0, 0.05) is 17.8 Å². The predicted octanol–water partition coefficient (Wildman–Crippen LogP) is 0.931. The maximum Gasteiger partial charge on any atom is 0.442 e. The smallest absolute Gasteiger partial charge is 0.325 e. The maximum absolute atomic E-state index is 12.2. The van der Waals surface area contributed by atoms with Gasteiger partial charge in [-0.2, -0.15) is 0 Å². The van der Waals surface area contributed by atoms with Crippen LogP contribution in [0.1, 0.15) is 5.56 Å². The molecule has 0 aliphatic heterocycles. The summed E-state index contributed by atoms with van der Waals surface area (Å²) in [4.78, 5) is 24.1. The molecule has 0 spiro atoms. The van der Waals surface area contributed by atoms with Gasteiger partial charge in [-0.05, 0) is 52.9 Å². The first kappa shape index (κ1) is 19.9. The quantitative estimate of drug-likeness (QED) is 0.400. The van der Waals surface area contributed by atoms with Crippen LogP contribution in [0.15, 0.2) is 67.8 Å². The van der Waals surface area contributed by atoms with Crippen molar-refractivity contribution in [3.63, 3.8) is 0 Å². The number of hydrogen-bond donors (Lipinski definition) is 3. The highest BCUT2D eigenvalue weighted by Gasteiger charge is 2.25. The molecule has 3 aromatic rings. The third-order valence-electron chi connectivity index (χ3n) is 3.71. The second-order valence-corrected chi connectivity index (χ2v) is 8.39. The fourth-order valence-electron chi connectivity index (χ4n) is 2.31. The molecule has 0 unspecified atom stereocenters. The van der Waals surface area contributed by atoms with E-state index in [0.717, 1.165) is 17.3 Å². The van der Waals surface area contributed by atoms with Gasteiger partial charge in [-0.3, -0.25) is 9.32 Å². The Labute approximate surface area is 164 Å². The first-order chi connectivity index (χ1) is 13.2. The SMILES string of the molecule is Cc1ccc(-[n+]2[nH]oc(=O)c2SCC(=O)Nc2ccc(S(N)(=O)=O)cc2)cc1. The number of thioether (sulfide) groups is 1. The lowest BCUT2D eigenvalue weighted by molar-refractivity contribution is -0.704. The molecule has 1 heterocycles. The van der Waals surface area contributed by atoms with Crippen LogP contribution in [0.25, 0.3) is 5.69 Å². The molecular weight excluding hydrogens is 404 g/mol. The number of carbonyl (C=O) groups is 1. The molecule has 3 rings (SSSR count). The lowest BCUT2D eigenvalue weighted by atomic mass is 10.2. The summed E-state index contributed by atoms with van der Waals surface area (Å²) in [6, 6.07) is 12.9. The number of anilines is 1. The molecule has 146 valence electrons. The number of aromatic amines is 1. The largest absolute Gasteiger partial charge is 0.442 e. The van der Waals surface area contributed by atoms with Crippen molar-refractivity contribution in [3.05, 3.63) is 64.5 Å². The fourth-order valence-corrected chi connectivity index (χ4v) is 3.60. The molecule has 0 aliphatic rings. The molecule has 0 saturated heterocycles. The minimum atomic E-state index is -3.79. The monoisotopic (exact) mass is 421 g/mol. The number of aromatic nitrogens is 2. The van der Waals surface area contributed by atoms with Crippen molar-refractivity contribution in [2.24, 2.45) is 5.14 Å². The Kier molecular flexibility index (Phi) is 5.68. The van der Waals surface area contributed by atoms with Crippen LogP contribution in [0.2, 0.25) is 0 Å².